The van der Waals surface area contributed by atoms with Crippen LogP contribution >= 0.6 is 0 Å². The van der Waals surface area contributed by atoms with Crippen LogP contribution in [-0.2, 0) is 37.5 Å². The summed E-state index contributed by atoms with van der Waals surface area (Å²) in [7, 11) is -3.74. The van der Waals surface area contributed by atoms with Crippen molar-refractivity contribution in [2.45, 2.75) is 6.92 Å². The van der Waals surface area contributed by atoms with Crippen molar-refractivity contribution >= 4 is 39.3 Å². The van der Waals surface area contributed by atoms with Gasteiger partial charge < -0.3 is 16.5 Å². The molecule has 1 heterocycles. The average Bonchev–Trinajstić information content (AvgIpc) is 1.94. The van der Waals surface area contributed by atoms with Crippen LogP contribution < -0.4 is 0 Å². The van der Waals surface area contributed by atoms with E-state index in [9.17, 15) is 0 Å². The van der Waals surface area contributed by atoms with E-state index in [1.54, 1.807) is 0 Å². The van der Waals surface area contributed by atoms with Crippen LogP contribution in [0.2, 0.25) is 0 Å². The Bertz CT molecular complexity index is 127. The SMILES string of the molecule is CC=C[SiH]1O[SiH2]O[SiH2]O[SiH2]O1.[Pt]. The second-order valence-corrected chi connectivity index (χ2v) is 9.75. The van der Waals surface area contributed by atoms with Gasteiger partial charge in [-0.1, -0.05) is 11.8 Å². The minimum atomic E-state index is -1.49. The van der Waals surface area contributed by atoms with E-state index in [0.29, 0.717) is 0 Å². The minimum absolute atomic E-state index is 0. The molecule has 12 heavy (non-hydrogen) atoms. The predicted molar refractivity (Wildman–Crippen MR) is 51.9 cm³/mol. The number of rotatable bonds is 1. The topological polar surface area (TPSA) is 36.9 Å². The Morgan fingerprint density at radius 2 is 1.67 bits per heavy atom. The largest absolute Gasteiger partial charge is 0.425 e. The van der Waals surface area contributed by atoms with E-state index in [-0.39, 0.29) is 21.1 Å². The zero-order valence-electron chi connectivity index (χ0n) is 6.80. The summed E-state index contributed by atoms with van der Waals surface area (Å²) < 4.78 is 21.4. The Morgan fingerprint density at radius 3 is 2.17 bits per heavy atom. The standard InChI is InChI=1S/C3H12O4Si4.Pt/c1-2-3-11-6-9-4-8-5-10-7-11;/h2-3,11H,8-10H2,1H3;. The molecule has 0 atom stereocenters. The molecule has 0 aromatic heterocycles. The van der Waals surface area contributed by atoms with Crippen LogP contribution in [0.15, 0.2) is 11.8 Å². The summed E-state index contributed by atoms with van der Waals surface area (Å²) in [5.41, 5.74) is 2.01. The molecule has 0 bridgehead atoms. The van der Waals surface area contributed by atoms with Gasteiger partial charge >= 0.3 is 9.28 Å². The Balaban J connectivity index is 0.00000121. The second kappa shape index (κ2) is 8.72. The van der Waals surface area contributed by atoms with Gasteiger partial charge in [0.15, 0.2) is 0 Å². The van der Waals surface area contributed by atoms with E-state index in [2.05, 4.69) is 0 Å². The van der Waals surface area contributed by atoms with Gasteiger partial charge in [0, 0.05) is 21.1 Å². The molecule has 0 amide bonds. The molecule has 0 unspecified atom stereocenters. The fourth-order valence-electron chi connectivity index (χ4n) is 0.674. The quantitative estimate of drug-likeness (QED) is 0.437. The summed E-state index contributed by atoms with van der Waals surface area (Å²) in [5, 5.41) is 0. The zero-order chi connectivity index (χ0) is 7.94. The average molecular weight is 420 g/mol. The Hall–Kier alpha value is 1.14. The molecule has 0 spiro atoms. The van der Waals surface area contributed by atoms with E-state index in [1.165, 1.54) is 0 Å². The van der Waals surface area contributed by atoms with Crippen molar-refractivity contribution in [1.29, 1.82) is 0 Å². The molecule has 1 rings (SSSR count). The smallest absolute Gasteiger partial charge is 0.329 e. The molecule has 0 aromatic rings. The molecule has 74 valence electrons. The maximum atomic E-state index is 5.46. The van der Waals surface area contributed by atoms with Gasteiger partial charge in [0.1, 0.15) is 0 Å². The molecule has 1 saturated heterocycles. The first-order chi connectivity index (χ1) is 5.43. The molecule has 4 nitrogen and oxygen atoms in total. The Labute approximate surface area is 95.3 Å². The van der Waals surface area contributed by atoms with E-state index < -0.39 is 39.3 Å². The summed E-state index contributed by atoms with van der Waals surface area (Å²) in [6, 6.07) is 0. The molecule has 9 heteroatoms. The van der Waals surface area contributed by atoms with Gasteiger partial charge in [-0.25, -0.2) is 0 Å². The fraction of sp³-hybridized carbons (Fsp3) is 0.333. The molecule has 0 aliphatic carbocycles. The van der Waals surface area contributed by atoms with Gasteiger partial charge in [-0.2, -0.15) is 0 Å². The second-order valence-electron chi connectivity index (χ2n) is 1.99. The molecule has 0 radical (unpaired) electrons. The number of hydrogen-bond acceptors (Lipinski definition) is 4. The molecule has 1 aliphatic heterocycles. The van der Waals surface area contributed by atoms with Gasteiger partial charge in [-0.05, 0) is 6.92 Å². The van der Waals surface area contributed by atoms with Crippen molar-refractivity contribution in [3.8, 4) is 0 Å². The van der Waals surface area contributed by atoms with Crippen molar-refractivity contribution < 1.29 is 37.5 Å². The molecule has 0 aromatic carbocycles. The first kappa shape index (κ1) is 13.1. The molecular formula is C3H12O4PtSi4. The number of hydrogen-bond donors (Lipinski definition) is 0. The van der Waals surface area contributed by atoms with Crippen molar-refractivity contribution in [2.24, 2.45) is 0 Å². The summed E-state index contributed by atoms with van der Waals surface area (Å²) in [6.45, 7) is 1.97. The van der Waals surface area contributed by atoms with Crippen molar-refractivity contribution in [1.82, 2.24) is 0 Å². The van der Waals surface area contributed by atoms with Gasteiger partial charge in [0.05, 0.1) is 0 Å². The predicted octanol–water partition coefficient (Wildman–Crippen LogP) is -2.60. The van der Waals surface area contributed by atoms with Crippen LogP contribution in [0.3, 0.4) is 0 Å². The van der Waals surface area contributed by atoms with Crippen LogP contribution in [0.4, 0.5) is 0 Å². The summed E-state index contributed by atoms with van der Waals surface area (Å²) in [6.07, 6.45) is 1.97. The van der Waals surface area contributed by atoms with Gasteiger partial charge in [-0.15, -0.1) is 0 Å². The van der Waals surface area contributed by atoms with Crippen LogP contribution in [0.25, 0.3) is 0 Å². The van der Waals surface area contributed by atoms with E-state index in [1.807, 2.05) is 18.7 Å². The third-order valence-electron chi connectivity index (χ3n) is 1.15. The Morgan fingerprint density at radius 1 is 1.08 bits per heavy atom. The maximum Gasteiger partial charge on any atom is 0.329 e. The first-order valence-corrected chi connectivity index (χ1v) is 8.52. The number of allylic oxidation sites excluding steroid dienone is 1. The summed E-state index contributed by atoms with van der Waals surface area (Å²) in [4.78, 5) is 0. The Kier molecular flexibility index (Phi) is 9.55. The summed E-state index contributed by atoms with van der Waals surface area (Å²) >= 11 is 0. The van der Waals surface area contributed by atoms with E-state index in [4.69, 9.17) is 16.5 Å². The van der Waals surface area contributed by atoms with Crippen LogP contribution in [-0.4, -0.2) is 39.3 Å². The monoisotopic (exact) mass is 419 g/mol. The summed E-state index contributed by atoms with van der Waals surface area (Å²) in [5.74, 6) is 0. The third-order valence-corrected chi connectivity index (χ3v) is 8.23. The third kappa shape index (κ3) is 5.73. The zero-order valence-corrected chi connectivity index (χ0v) is 14.5. The molecule has 1 fully saturated rings. The van der Waals surface area contributed by atoms with Gasteiger partial charge in [-0.3, -0.25) is 0 Å². The van der Waals surface area contributed by atoms with Gasteiger partial charge in [0.2, 0.25) is 0 Å². The first-order valence-electron chi connectivity index (χ1n) is 3.45. The molecule has 0 N–H and O–H groups in total. The van der Waals surface area contributed by atoms with Crippen LogP contribution in [0.1, 0.15) is 6.92 Å². The van der Waals surface area contributed by atoms with E-state index in [0.717, 1.165) is 0 Å². The van der Waals surface area contributed by atoms with Crippen molar-refractivity contribution in [3.63, 3.8) is 0 Å². The van der Waals surface area contributed by atoms with Gasteiger partial charge in [0.25, 0.3) is 30.0 Å². The van der Waals surface area contributed by atoms with Crippen molar-refractivity contribution in [3.05, 3.63) is 11.8 Å². The van der Waals surface area contributed by atoms with E-state index >= 15 is 0 Å². The maximum absolute atomic E-state index is 5.46. The van der Waals surface area contributed by atoms with Crippen molar-refractivity contribution in [2.75, 3.05) is 0 Å². The van der Waals surface area contributed by atoms with Crippen LogP contribution in [0, 0.1) is 0 Å². The van der Waals surface area contributed by atoms with Crippen LogP contribution in [0.5, 0.6) is 0 Å². The minimum Gasteiger partial charge on any atom is -0.425 e. The molecule has 0 saturated carbocycles. The molecular weight excluding hydrogens is 407 g/mol. The fourth-order valence-corrected chi connectivity index (χ4v) is 8.78. The molecule has 1 aliphatic rings. The normalized spacial score (nSPS) is 31.9.